The summed E-state index contributed by atoms with van der Waals surface area (Å²) >= 11 is 0. The van der Waals surface area contributed by atoms with Crippen molar-refractivity contribution in [2.45, 2.75) is 82.3 Å². The Kier molecular flexibility index (Phi) is 7.27. The first-order valence-corrected chi connectivity index (χ1v) is 18.6. The van der Waals surface area contributed by atoms with Gasteiger partial charge in [0.1, 0.15) is 5.75 Å². The number of hydrogen-bond donors (Lipinski definition) is 1. The number of rotatable bonds is 7. The van der Waals surface area contributed by atoms with Crippen LogP contribution in [0.3, 0.4) is 0 Å². The van der Waals surface area contributed by atoms with E-state index >= 15 is 0 Å². The molecule has 5 aliphatic rings. The van der Waals surface area contributed by atoms with E-state index in [1.165, 1.54) is 44.5 Å². The molecule has 8 rings (SSSR count). The van der Waals surface area contributed by atoms with Crippen LogP contribution in [0, 0.1) is 5.41 Å². The van der Waals surface area contributed by atoms with Crippen LogP contribution in [0.4, 0.5) is 0 Å². The van der Waals surface area contributed by atoms with Crippen molar-refractivity contribution in [3.63, 3.8) is 0 Å². The van der Waals surface area contributed by atoms with Gasteiger partial charge in [0, 0.05) is 73.8 Å². The van der Waals surface area contributed by atoms with Gasteiger partial charge in [-0.25, -0.2) is 4.72 Å². The zero-order chi connectivity index (χ0) is 32.8. The molecule has 3 aromatic rings. The van der Waals surface area contributed by atoms with E-state index in [0.29, 0.717) is 18.5 Å². The Balaban J connectivity index is 1.30. The number of aromatic nitrogens is 1. The highest BCUT2D eigenvalue weighted by Crippen LogP contribution is 2.66. The van der Waals surface area contributed by atoms with Gasteiger partial charge in [0.05, 0.1) is 18.2 Å². The van der Waals surface area contributed by atoms with Crippen molar-refractivity contribution in [1.82, 2.24) is 23.4 Å². The summed E-state index contributed by atoms with van der Waals surface area (Å²) in [7, 11) is 0.514. The number of nitrogens with zero attached hydrogens (tertiary/aromatic N) is 4. The average Bonchev–Trinajstić information content (AvgIpc) is 3.31. The Hall–Kier alpha value is -3.41. The lowest BCUT2D eigenvalue weighted by Gasteiger charge is -2.36. The molecule has 10 nitrogen and oxygen atoms in total. The Morgan fingerprint density at radius 3 is 2.51 bits per heavy atom. The summed E-state index contributed by atoms with van der Waals surface area (Å²) < 4.78 is 36.4. The number of carbonyl (C=O) groups is 2. The zero-order valence-electron chi connectivity index (χ0n) is 27.8. The third-order valence-corrected chi connectivity index (χ3v) is 13.3. The van der Waals surface area contributed by atoms with Crippen LogP contribution < -0.4 is 9.46 Å². The number of amides is 2. The molecular weight excluding hydrogens is 614 g/mol. The number of piperazine rings is 1. The standard InChI is InChI=1S/C36H45N5O5S/c1-5-39-19-25-16-24(39)20-40(25)35(43)36-18-30(36)29-17-26(46-4)12-14-27(29)33-32(22-9-7-6-8-10-22)28-13-11-23(15-31(28)41(33)21-36)34(42)37-47(44,45)38(2)3/h11-15,17,22,24-25,30H,5-10,16,18-21H2,1-4H3,(H,37,42). The molecule has 2 saturated carbocycles. The molecule has 2 saturated heterocycles. The number of likely N-dealkylation sites (tertiary alicyclic amines) is 2. The maximum absolute atomic E-state index is 14.8. The normalized spacial score (nSPS) is 27.0. The third-order valence-electron chi connectivity index (χ3n) is 11.9. The first-order chi connectivity index (χ1) is 22.6. The van der Waals surface area contributed by atoms with Crippen molar-refractivity contribution in [3.05, 3.63) is 53.1 Å². The molecule has 4 heterocycles. The highest BCUT2D eigenvalue weighted by Gasteiger charge is 2.65. The van der Waals surface area contributed by atoms with Crippen LogP contribution in [0.5, 0.6) is 5.75 Å². The van der Waals surface area contributed by atoms with E-state index in [4.69, 9.17) is 4.74 Å². The molecule has 4 unspecified atom stereocenters. The molecule has 1 N–H and O–H groups in total. The van der Waals surface area contributed by atoms with Gasteiger partial charge in [0.25, 0.3) is 5.91 Å². The minimum atomic E-state index is -3.96. The fraction of sp³-hybridized carbons (Fsp3) is 0.556. The number of benzene rings is 2. The molecule has 11 heteroatoms. The van der Waals surface area contributed by atoms with Gasteiger partial charge in [-0.05, 0) is 79.6 Å². The van der Waals surface area contributed by atoms with Crippen molar-refractivity contribution in [1.29, 1.82) is 0 Å². The fourth-order valence-corrected chi connectivity index (χ4v) is 9.90. The summed E-state index contributed by atoms with van der Waals surface area (Å²) in [6, 6.07) is 12.6. The van der Waals surface area contributed by atoms with Crippen molar-refractivity contribution in [2.24, 2.45) is 5.41 Å². The van der Waals surface area contributed by atoms with E-state index in [1.807, 2.05) is 18.2 Å². The van der Waals surface area contributed by atoms with Gasteiger partial charge in [-0.3, -0.25) is 14.5 Å². The second kappa shape index (κ2) is 11.1. The van der Waals surface area contributed by atoms with E-state index in [1.54, 1.807) is 13.2 Å². The van der Waals surface area contributed by atoms with Gasteiger partial charge >= 0.3 is 10.2 Å². The number of fused-ring (bicyclic) bond motifs is 9. The lowest BCUT2D eigenvalue weighted by molar-refractivity contribution is -0.140. The van der Waals surface area contributed by atoms with E-state index in [0.717, 1.165) is 77.5 Å². The summed E-state index contributed by atoms with van der Waals surface area (Å²) in [4.78, 5) is 32.9. The number of carbonyl (C=O) groups excluding carboxylic acids is 2. The zero-order valence-corrected chi connectivity index (χ0v) is 28.6. The Labute approximate surface area is 277 Å². The van der Waals surface area contributed by atoms with Gasteiger partial charge < -0.3 is 14.2 Å². The molecule has 2 amide bonds. The second-order valence-corrected chi connectivity index (χ2v) is 16.5. The minimum Gasteiger partial charge on any atom is -0.497 e. The van der Waals surface area contributed by atoms with E-state index < -0.39 is 21.5 Å². The van der Waals surface area contributed by atoms with Gasteiger partial charge in [-0.1, -0.05) is 32.3 Å². The largest absolute Gasteiger partial charge is 0.497 e. The van der Waals surface area contributed by atoms with Crippen molar-refractivity contribution < 1.29 is 22.7 Å². The lowest BCUT2D eigenvalue weighted by Crippen LogP contribution is -2.51. The Morgan fingerprint density at radius 2 is 1.83 bits per heavy atom. The third kappa shape index (κ3) is 4.75. The SMILES string of the molecule is CCN1CC2CC1CN2C(=O)C12CC1c1cc(OC)ccc1-c1c(C3CCCCC3)c3ccc(C(=O)NS(=O)(=O)N(C)C)cc3n1C2. The van der Waals surface area contributed by atoms with Crippen LogP contribution >= 0.6 is 0 Å². The molecule has 47 heavy (non-hydrogen) atoms. The van der Waals surface area contributed by atoms with E-state index in [-0.39, 0.29) is 23.4 Å². The maximum Gasteiger partial charge on any atom is 0.303 e. The minimum absolute atomic E-state index is 0.0763. The predicted octanol–water partition coefficient (Wildman–Crippen LogP) is 4.69. The quantitative estimate of drug-likeness (QED) is 0.395. The average molecular weight is 660 g/mol. The highest BCUT2D eigenvalue weighted by atomic mass is 32.2. The highest BCUT2D eigenvalue weighted by molar-refractivity contribution is 7.87. The van der Waals surface area contributed by atoms with Crippen LogP contribution in [-0.2, 0) is 21.5 Å². The molecule has 2 aromatic carbocycles. The van der Waals surface area contributed by atoms with Crippen molar-refractivity contribution in [3.8, 4) is 17.0 Å². The summed E-state index contributed by atoms with van der Waals surface area (Å²) in [6.45, 7) is 5.46. The molecule has 0 spiro atoms. The number of methoxy groups -OCH3 is 1. The number of likely N-dealkylation sites (N-methyl/N-ethyl adjacent to an activating group) is 1. The molecule has 3 aliphatic heterocycles. The van der Waals surface area contributed by atoms with Crippen molar-refractivity contribution >= 4 is 32.9 Å². The van der Waals surface area contributed by atoms with Gasteiger partial charge in [0.2, 0.25) is 5.91 Å². The van der Waals surface area contributed by atoms with Crippen LogP contribution in [0.25, 0.3) is 22.2 Å². The van der Waals surface area contributed by atoms with E-state index in [9.17, 15) is 18.0 Å². The first-order valence-electron chi connectivity index (χ1n) is 17.2. The molecule has 4 atom stereocenters. The fourth-order valence-electron chi connectivity index (χ4n) is 9.36. The monoisotopic (exact) mass is 659 g/mol. The summed E-state index contributed by atoms with van der Waals surface area (Å²) in [5.41, 5.74) is 5.32. The van der Waals surface area contributed by atoms with Gasteiger partial charge in [0.15, 0.2) is 0 Å². The smallest absolute Gasteiger partial charge is 0.303 e. The van der Waals surface area contributed by atoms with E-state index in [2.05, 4.69) is 38.1 Å². The van der Waals surface area contributed by atoms with Crippen LogP contribution in [0.1, 0.15) is 85.2 Å². The topological polar surface area (TPSA) is 104 Å². The molecular formula is C36H45N5O5S. The maximum atomic E-state index is 14.8. The van der Waals surface area contributed by atoms with Crippen LogP contribution in [-0.4, -0.2) is 91.8 Å². The molecule has 2 bridgehead atoms. The summed E-state index contributed by atoms with van der Waals surface area (Å²) in [6.07, 6.45) is 7.59. The molecule has 4 fully saturated rings. The number of ether oxygens (including phenoxy) is 1. The predicted molar refractivity (Wildman–Crippen MR) is 181 cm³/mol. The summed E-state index contributed by atoms with van der Waals surface area (Å²) in [5, 5.41) is 1.08. The lowest BCUT2D eigenvalue weighted by atomic mass is 9.81. The molecule has 1 aromatic heterocycles. The Morgan fingerprint density at radius 1 is 1.04 bits per heavy atom. The van der Waals surface area contributed by atoms with Crippen molar-refractivity contribution in [2.75, 3.05) is 40.8 Å². The summed E-state index contributed by atoms with van der Waals surface area (Å²) in [5.74, 6) is 0.812. The van der Waals surface area contributed by atoms with Gasteiger partial charge in [-0.2, -0.15) is 12.7 Å². The molecule has 250 valence electrons. The molecule has 2 aliphatic carbocycles. The second-order valence-electron chi connectivity index (χ2n) is 14.6. The number of nitrogens with one attached hydrogen (secondary N) is 1. The van der Waals surface area contributed by atoms with Crippen LogP contribution in [0.2, 0.25) is 0 Å². The van der Waals surface area contributed by atoms with Gasteiger partial charge in [-0.15, -0.1) is 0 Å². The van der Waals surface area contributed by atoms with Crippen LogP contribution in [0.15, 0.2) is 36.4 Å². The number of hydrogen-bond acceptors (Lipinski definition) is 6. The molecule has 0 radical (unpaired) electrons. The Bertz CT molecular complexity index is 1900. The first kappa shape index (κ1) is 30.9.